The van der Waals surface area contributed by atoms with E-state index in [9.17, 15) is 0 Å². The van der Waals surface area contributed by atoms with E-state index in [1.807, 2.05) is 60.3 Å². The number of anilines is 4. The molecule has 1 atom stereocenters. The second kappa shape index (κ2) is 10.6. The fourth-order valence-electron chi connectivity index (χ4n) is 3.93. The Morgan fingerprint density at radius 3 is 2.92 bits per heavy atom. The van der Waals surface area contributed by atoms with Gasteiger partial charge in [0, 0.05) is 0 Å². The molecule has 0 aliphatic carbocycles. The first kappa shape index (κ1) is 23.5. The van der Waals surface area contributed by atoms with Crippen LogP contribution >= 0.6 is 11.8 Å². The minimum absolute atomic E-state index is 0.273. The molecule has 1 aromatic heterocycles. The number of allylic oxidation sites excluding steroid dienone is 1. The minimum atomic E-state index is 0.273. The molecule has 176 valence electrons. The van der Waals surface area contributed by atoms with Gasteiger partial charge in [0.2, 0.25) is 0 Å². The molecule has 4 N–H and O–H groups in total. The Kier molecular flexibility index (Phi) is 6.92. The van der Waals surface area contributed by atoms with Crippen molar-refractivity contribution in [1.29, 1.82) is 0 Å². The van der Waals surface area contributed by atoms with E-state index in [0.29, 0.717) is 28.1 Å². The van der Waals surface area contributed by atoms with Crippen molar-refractivity contribution < 1.29 is 4.74 Å². The first-order chi connectivity index (χ1) is 17.6. The van der Waals surface area contributed by atoms with Crippen molar-refractivity contribution in [3.05, 3.63) is 89.6 Å². The quantitative estimate of drug-likeness (QED) is 0.179. The van der Waals surface area contributed by atoms with Gasteiger partial charge in [-0.15, -0.1) is 6.42 Å². The molecule has 36 heavy (non-hydrogen) atoms. The van der Waals surface area contributed by atoms with Gasteiger partial charge >= 0.3 is 209 Å². The third-order valence-electron chi connectivity index (χ3n) is 5.76. The van der Waals surface area contributed by atoms with Crippen LogP contribution < -0.4 is 21.1 Å². The first-order valence-electron chi connectivity index (χ1n) is 11.4. The van der Waals surface area contributed by atoms with Crippen LogP contribution in [0.25, 0.3) is 10.9 Å². The van der Waals surface area contributed by atoms with E-state index in [1.165, 1.54) is 11.9 Å². The van der Waals surface area contributed by atoms with Crippen molar-refractivity contribution in [2.75, 3.05) is 23.0 Å². The maximum atomic E-state index is 6.21. The Labute approximate surface area is 215 Å². The molecule has 0 saturated carbocycles. The van der Waals surface area contributed by atoms with E-state index in [2.05, 4.69) is 57.6 Å². The Bertz CT molecular complexity index is 1510. The van der Waals surface area contributed by atoms with E-state index in [-0.39, 0.29) is 6.61 Å². The first-order valence-corrected chi connectivity index (χ1v) is 12.4. The molecule has 4 aromatic rings. The molecule has 0 radical (unpaired) electrons. The van der Waals surface area contributed by atoms with E-state index < -0.39 is 0 Å². The number of ether oxygens (including phenoxy) is 1. The molecule has 1 aliphatic heterocycles. The third-order valence-corrected chi connectivity index (χ3v) is 6.90. The van der Waals surface area contributed by atoms with Crippen LogP contribution in [0, 0.1) is 12.3 Å². The molecular formula is C28H24BN5OS. The normalized spacial score (nSPS) is 14.3. The Balaban J connectivity index is 1.28. The standard InChI is InChI=1S/C28H24BN5OS/c1-2-18-5-3-6-20(13-18)33-28-22-15-21(9-11-24(22)31-17-32-28)35-16-27(29)34-25-14-19(8-10-23(25)30)26-7-4-12-36-26/h1,3-6,8-15,17,26,29,34H,7,16,30H2,(H,31,32,33). The number of fused-ring (bicyclic) bond motifs is 1. The summed E-state index contributed by atoms with van der Waals surface area (Å²) in [6, 6.07) is 19.4. The molecule has 0 fully saturated rings. The molecule has 3 aromatic carbocycles. The number of nitrogens with one attached hydrogen (secondary N) is 2. The van der Waals surface area contributed by atoms with Gasteiger partial charge in [-0.25, -0.2) is 0 Å². The van der Waals surface area contributed by atoms with E-state index in [0.717, 1.165) is 34.3 Å². The predicted molar refractivity (Wildman–Crippen MR) is 153 cm³/mol. The number of thioether (sulfide) groups is 1. The van der Waals surface area contributed by atoms with E-state index in [1.54, 1.807) is 0 Å². The van der Waals surface area contributed by atoms with Crippen LogP contribution in [0.2, 0.25) is 0 Å². The van der Waals surface area contributed by atoms with Crippen molar-refractivity contribution in [2.45, 2.75) is 11.7 Å². The van der Waals surface area contributed by atoms with Gasteiger partial charge in [-0.3, -0.25) is 0 Å². The van der Waals surface area contributed by atoms with Gasteiger partial charge in [0.05, 0.1) is 0 Å². The van der Waals surface area contributed by atoms with E-state index in [4.69, 9.17) is 16.9 Å². The molecule has 0 saturated heterocycles. The summed E-state index contributed by atoms with van der Waals surface area (Å²) in [6.07, 6.45) is 10.3. The number of terminal acetylenes is 1. The number of benzene rings is 3. The number of rotatable bonds is 8. The SMILES string of the molecule is B=C(COc1ccc2ncnc(Nc3cccc(C#C)c3)c2c1)Nc1cc(C2CC=CS2)ccc1N. The van der Waals surface area contributed by atoms with Gasteiger partial charge in [0.1, 0.15) is 0 Å². The Morgan fingerprint density at radius 2 is 2.08 bits per heavy atom. The Morgan fingerprint density at radius 1 is 1.17 bits per heavy atom. The summed E-state index contributed by atoms with van der Waals surface area (Å²) in [6.45, 7) is 0.273. The topological polar surface area (TPSA) is 85.1 Å². The van der Waals surface area contributed by atoms with Crippen LogP contribution in [0.1, 0.15) is 22.8 Å². The molecule has 5 rings (SSSR count). The average Bonchev–Trinajstić information content (AvgIpc) is 3.44. The van der Waals surface area contributed by atoms with Gasteiger partial charge in [-0.1, -0.05) is 0 Å². The third kappa shape index (κ3) is 5.37. The van der Waals surface area contributed by atoms with Gasteiger partial charge < -0.3 is 0 Å². The predicted octanol–water partition coefficient (Wildman–Crippen LogP) is 5.15. The summed E-state index contributed by atoms with van der Waals surface area (Å²) in [5, 5.41) is 10.0. The zero-order chi connectivity index (χ0) is 24.9. The van der Waals surface area contributed by atoms with Crippen LogP contribution in [0.4, 0.5) is 22.9 Å². The summed E-state index contributed by atoms with van der Waals surface area (Å²) >= 11 is 1.82. The number of nitrogens with zero attached hydrogens (tertiary/aromatic N) is 2. The van der Waals surface area contributed by atoms with Crippen LogP contribution in [-0.4, -0.2) is 29.6 Å². The summed E-state index contributed by atoms with van der Waals surface area (Å²) < 4.78 is 6.03. The fourth-order valence-corrected chi connectivity index (χ4v) is 4.87. The van der Waals surface area contributed by atoms with Crippen molar-refractivity contribution in [3.8, 4) is 18.1 Å². The van der Waals surface area contributed by atoms with Gasteiger partial charge in [-0.2, -0.15) is 0 Å². The number of hydrogen-bond acceptors (Lipinski definition) is 7. The van der Waals surface area contributed by atoms with Crippen LogP contribution in [0.15, 0.2) is 78.5 Å². The molecule has 8 heteroatoms. The van der Waals surface area contributed by atoms with Crippen molar-refractivity contribution in [2.24, 2.45) is 0 Å². The molecule has 1 unspecified atom stereocenters. The van der Waals surface area contributed by atoms with Gasteiger partial charge in [0.15, 0.2) is 0 Å². The van der Waals surface area contributed by atoms with Crippen LogP contribution in [0.3, 0.4) is 0 Å². The van der Waals surface area contributed by atoms with Crippen LogP contribution in [0.5, 0.6) is 5.75 Å². The summed E-state index contributed by atoms with van der Waals surface area (Å²) in [5.41, 5.74) is 12.1. The van der Waals surface area contributed by atoms with Crippen molar-refractivity contribution in [3.63, 3.8) is 0 Å². The molecule has 0 amide bonds. The fraction of sp³-hybridized carbons (Fsp3) is 0.107. The van der Waals surface area contributed by atoms with Gasteiger partial charge in [-0.05, 0) is 0 Å². The second-order valence-electron chi connectivity index (χ2n) is 8.35. The summed E-state index contributed by atoms with van der Waals surface area (Å²) in [4.78, 5) is 8.79. The molecule has 1 aliphatic rings. The second-order valence-corrected chi connectivity index (χ2v) is 9.46. The van der Waals surface area contributed by atoms with Gasteiger partial charge in [0.25, 0.3) is 0 Å². The average molecular weight is 489 g/mol. The molecule has 6 nitrogen and oxygen atoms in total. The summed E-state index contributed by atoms with van der Waals surface area (Å²) in [7, 11) is 4.12. The number of nitrogen functional groups attached to an aromatic ring is 1. The number of aromatic nitrogens is 2. The molecular weight excluding hydrogens is 465 g/mol. The monoisotopic (exact) mass is 489 g/mol. The molecule has 0 bridgehead atoms. The van der Waals surface area contributed by atoms with Crippen molar-refractivity contribution >= 4 is 58.6 Å². The van der Waals surface area contributed by atoms with Crippen LogP contribution in [-0.2, 0) is 0 Å². The molecule has 2 heterocycles. The number of nitrogens with two attached hydrogens (primary N) is 1. The van der Waals surface area contributed by atoms with E-state index >= 15 is 0 Å². The number of hydrogen-bond donors (Lipinski definition) is 3. The zero-order valence-corrected chi connectivity index (χ0v) is 20.4. The maximum absolute atomic E-state index is 6.21. The van der Waals surface area contributed by atoms with Crippen molar-refractivity contribution in [1.82, 2.24) is 9.97 Å². The zero-order valence-electron chi connectivity index (χ0n) is 19.6. The Hall–Kier alpha value is -4.22. The molecule has 0 spiro atoms. The summed E-state index contributed by atoms with van der Waals surface area (Å²) in [5.74, 6) is 3.99.